The Hall–Kier alpha value is -0.950. The highest BCUT2D eigenvalue weighted by molar-refractivity contribution is 7.10. The molecule has 0 aliphatic carbocycles. The molecule has 100 valence electrons. The van der Waals surface area contributed by atoms with Gasteiger partial charge in [-0.05, 0) is 24.8 Å². The molecule has 1 aromatic heterocycles. The molecule has 0 amide bonds. The van der Waals surface area contributed by atoms with Crippen molar-refractivity contribution in [3.63, 3.8) is 0 Å². The Morgan fingerprint density at radius 2 is 2.50 bits per heavy atom. The molecule has 2 unspecified atom stereocenters. The molecule has 1 fully saturated rings. The lowest BCUT2D eigenvalue weighted by atomic mass is 9.92. The Morgan fingerprint density at radius 3 is 3.11 bits per heavy atom. The molecular weight excluding hydrogens is 254 g/mol. The van der Waals surface area contributed by atoms with E-state index in [-0.39, 0.29) is 11.6 Å². The first-order valence-electron chi connectivity index (χ1n) is 5.85. The summed E-state index contributed by atoms with van der Waals surface area (Å²) in [6.45, 7) is 3.64. The Morgan fingerprint density at radius 1 is 1.72 bits per heavy atom. The second-order valence-corrected chi connectivity index (χ2v) is 5.59. The van der Waals surface area contributed by atoms with Crippen LogP contribution in [0.2, 0.25) is 0 Å². The number of nitrogens with one attached hydrogen (secondary N) is 1. The SMILES string of the molecule is CC(O)(CC1COCCN1)c1sccc1C(=O)O. The molecule has 1 aromatic rings. The Bertz CT molecular complexity index is 423. The Balaban J connectivity index is 2.13. The lowest BCUT2D eigenvalue weighted by Crippen LogP contribution is -2.45. The molecule has 0 radical (unpaired) electrons. The van der Waals surface area contributed by atoms with Gasteiger partial charge in [0.25, 0.3) is 0 Å². The van der Waals surface area contributed by atoms with Crippen LogP contribution in [0.4, 0.5) is 0 Å². The molecule has 5 nitrogen and oxygen atoms in total. The standard InChI is InChI=1S/C12H17NO4S/c1-12(16,6-8-7-17-4-3-13-8)10-9(11(14)15)2-5-18-10/h2,5,8,13,16H,3-4,6-7H2,1H3,(H,14,15). The fourth-order valence-electron chi connectivity index (χ4n) is 2.22. The summed E-state index contributed by atoms with van der Waals surface area (Å²) in [5.74, 6) is -1.00. The Kier molecular flexibility index (Phi) is 4.01. The minimum absolute atomic E-state index is 0.0532. The van der Waals surface area contributed by atoms with Gasteiger partial charge in [-0.15, -0.1) is 11.3 Å². The summed E-state index contributed by atoms with van der Waals surface area (Å²) >= 11 is 1.27. The van der Waals surface area contributed by atoms with E-state index in [1.54, 1.807) is 12.3 Å². The normalized spacial score (nSPS) is 23.6. The number of carboxylic acid groups (broad SMARTS) is 1. The van der Waals surface area contributed by atoms with Gasteiger partial charge < -0.3 is 20.3 Å². The minimum atomic E-state index is -1.15. The van der Waals surface area contributed by atoms with E-state index in [0.717, 1.165) is 6.54 Å². The van der Waals surface area contributed by atoms with Gasteiger partial charge in [0, 0.05) is 12.6 Å². The number of hydrogen-bond donors (Lipinski definition) is 3. The predicted octanol–water partition coefficient (Wildman–Crippen LogP) is 1.03. The molecule has 1 saturated heterocycles. The number of aliphatic hydroxyl groups is 1. The maximum Gasteiger partial charge on any atom is 0.336 e. The first-order chi connectivity index (χ1) is 8.50. The molecule has 2 rings (SSSR count). The summed E-state index contributed by atoms with van der Waals surface area (Å²) < 4.78 is 5.34. The number of carboxylic acids is 1. The van der Waals surface area contributed by atoms with Gasteiger partial charge in [0.1, 0.15) is 0 Å². The van der Waals surface area contributed by atoms with E-state index in [2.05, 4.69) is 5.32 Å². The number of carbonyl (C=O) groups is 1. The van der Waals surface area contributed by atoms with Gasteiger partial charge >= 0.3 is 5.97 Å². The largest absolute Gasteiger partial charge is 0.478 e. The van der Waals surface area contributed by atoms with E-state index < -0.39 is 11.6 Å². The lowest BCUT2D eigenvalue weighted by Gasteiger charge is -2.31. The van der Waals surface area contributed by atoms with Crippen LogP contribution < -0.4 is 5.32 Å². The van der Waals surface area contributed by atoms with E-state index >= 15 is 0 Å². The molecule has 0 bridgehead atoms. The predicted molar refractivity (Wildman–Crippen MR) is 68.1 cm³/mol. The van der Waals surface area contributed by atoms with Crippen LogP contribution >= 0.6 is 11.3 Å². The quantitative estimate of drug-likeness (QED) is 0.762. The maximum absolute atomic E-state index is 11.1. The molecule has 18 heavy (non-hydrogen) atoms. The maximum atomic E-state index is 11.1. The average molecular weight is 271 g/mol. The van der Waals surface area contributed by atoms with Gasteiger partial charge in [0.2, 0.25) is 0 Å². The molecule has 1 aliphatic rings. The molecule has 2 atom stereocenters. The first kappa shape index (κ1) is 13.5. The minimum Gasteiger partial charge on any atom is -0.478 e. The molecule has 0 aromatic carbocycles. The zero-order chi connectivity index (χ0) is 13.2. The second-order valence-electron chi connectivity index (χ2n) is 4.67. The van der Waals surface area contributed by atoms with Crippen LogP contribution in [0.1, 0.15) is 28.6 Å². The highest BCUT2D eigenvalue weighted by Gasteiger charge is 2.33. The molecule has 2 heterocycles. The Labute approximate surface area is 109 Å². The third kappa shape index (κ3) is 2.89. The van der Waals surface area contributed by atoms with Gasteiger partial charge in [0.15, 0.2) is 0 Å². The summed E-state index contributed by atoms with van der Waals surface area (Å²) in [5, 5.41) is 24.5. The molecule has 3 N–H and O–H groups in total. The first-order valence-corrected chi connectivity index (χ1v) is 6.73. The summed E-state index contributed by atoms with van der Waals surface area (Å²) in [5.41, 5.74) is -0.970. The van der Waals surface area contributed by atoms with Crippen LogP contribution in [0.5, 0.6) is 0 Å². The van der Waals surface area contributed by atoms with Crippen molar-refractivity contribution in [3.05, 3.63) is 21.9 Å². The van der Waals surface area contributed by atoms with Crippen molar-refractivity contribution in [1.82, 2.24) is 5.32 Å². The van der Waals surface area contributed by atoms with Crippen LogP contribution in [0.15, 0.2) is 11.4 Å². The lowest BCUT2D eigenvalue weighted by molar-refractivity contribution is 0.00461. The van der Waals surface area contributed by atoms with Crippen molar-refractivity contribution in [2.24, 2.45) is 0 Å². The fourth-order valence-corrected chi connectivity index (χ4v) is 3.18. The molecule has 1 aliphatic heterocycles. The zero-order valence-electron chi connectivity index (χ0n) is 10.2. The zero-order valence-corrected chi connectivity index (χ0v) is 11.0. The van der Waals surface area contributed by atoms with Crippen molar-refractivity contribution < 1.29 is 19.7 Å². The second kappa shape index (κ2) is 5.36. The van der Waals surface area contributed by atoms with Crippen molar-refractivity contribution in [2.45, 2.75) is 25.0 Å². The van der Waals surface area contributed by atoms with Crippen molar-refractivity contribution in [3.8, 4) is 0 Å². The number of morpholine rings is 1. The van der Waals surface area contributed by atoms with Crippen LogP contribution in [-0.2, 0) is 10.3 Å². The number of thiophene rings is 1. The number of rotatable bonds is 4. The fraction of sp³-hybridized carbons (Fsp3) is 0.583. The summed E-state index contributed by atoms with van der Waals surface area (Å²) in [6.07, 6.45) is 0.438. The smallest absolute Gasteiger partial charge is 0.336 e. The average Bonchev–Trinajstić information content (AvgIpc) is 2.79. The third-order valence-corrected chi connectivity index (χ3v) is 4.19. The van der Waals surface area contributed by atoms with Gasteiger partial charge in [0.05, 0.1) is 29.3 Å². The number of aromatic carboxylic acids is 1. The van der Waals surface area contributed by atoms with Gasteiger partial charge in [-0.1, -0.05) is 0 Å². The molecule has 0 saturated carbocycles. The monoisotopic (exact) mass is 271 g/mol. The topological polar surface area (TPSA) is 78.8 Å². The molecular formula is C12H17NO4S. The van der Waals surface area contributed by atoms with Crippen LogP contribution in [0.25, 0.3) is 0 Å². The van der Waals surface area contributed by atoms with E-state index in [1.807, 2.05) is 0 Å². The van der Waals surface area contributed by atoms with Crippen molar-refractivity contribution >= 4 is 17.3 Å². The van der Waals surface area contributed by atoms with E-state index in [9.17, 15) is 9.90 Å². The van der Waals surface area contributed by atoms with Crippen LogP contribution in [-0.4, -0.2) is 42.0 Å². The van der Waals surface area contributed by atoms with E-state index in [0.29, 0.717) is 24.5 Å². The van der Waals surface area contributed by atoms with E-state index in [1.165, 1.54) is 17.4 Å². The summed E-state index contributed by atoms with van der Waals surface area (Å²) in [4.78, 5) is 11.6. The van der Waals surface area contributed by atoms with Crippen molar-refractivity contribution in [2.75, 3.05) is 19.8 Å². The highest BCUT2D eigenvalue weighted by atomic mass is 32.1. The highest BCUT2D eigenvalue weighted by Crippen LogP contribution is 2.33. The molecule has 6 heteroatoms. The summed E-state index contributed by atoms with van der Waals surface area (Å²) in [6, 6.07) is 1.58. The van der Waals surface area contributed by atoms with Crippen LogP contribution in [0.3, 0.4) is 0 Å². The summed E-state index contributed by atoms with van der Waals surface area (Å²) in [7, 11) is 0. The van der Waals surface area contributed by atoms with Gasteiger partial charge in [-0.25, -0.2) is 4.79 Å². The van der Waals surface area contributed by atoms with Gasteiger partial charge in [-0.2, -0.15) is 0 Å². The number of hydrogen-bond acceptors (Lipinski definition) is 5. The molecule has 0 spiro atoms. The van der Waals surface area contributed by atoms with Gasteiger partial charge in [-0.3, -0.25) is 0 Å². The number of ether oxygens (including phenoxy) is 1. The van der Waals surface area contributed by atoms with Crippen molar-refractivity contribution in [1.29, 1.82) is 0 Å². The third-order valence-electron chi connectivity index (χ3n) is 3.03. The van der Waals surface area contributed by atoms with E-state index in [4.69, 9.17) is 9.84 Å². The van der Waals surface area contributed by atoms with Crippen LogP contribution in [0, 0.1) is 0 Å².